The highest BCUT2D eigenvalue weighted by Crippen LogP contribution is 2.57. The number of benzene rings is 2. The van der Waals surface area contributed by atoms with Crippen molar-refractivity contribution in [1.82, 2.24) is 0 Å². The molecule has 0 bridgehead atoms. The molecule has 13 heteroatoms. The van der Waals surface area contributed by atoms with Crippen molar-refractivity contribution in [2.45, 2.75) is 82.3 Å². The van der Waals surface area contributed by atoms with E-state index >= 15 is 0 Å². The Hall–Kier alpha value is -3.33. The first kappa shape index (κ1) is 31.3. The van der Waals surface area contributed by atoms with Gasteiger partial charge in [-0.2, -0.15) is 0 Å². The molecule has 2 unspecified atom stereocenters. The number of ether oxygens (including phenoxy) is 10. The topological polar surface area (TPSA) is 150 Å². The van der Waals surface area contributed by atoms with Gasteiger partial charge in [0.15, 0.2) is 35.6 Å². The molecule has 0 saturated carbocycles. The highest BCUT2D eigenvalue weighted by molar-refractivity contribution is 5.79. The molecule has 0 amide bonds. The van der Waals surface area contributed by atoms with Gasteiger partial charge in [-0.3, -0.25) is 4.79 Å². The quantitative estimate of drug-likeness (QED) is 0.444. The number of hydrogen-bond acceptors (Lipinski definition) is 13. The van der Waals surface area contributed by atoms with Gasteiger partial charge in [-0.25, -0.2) is 0 Å². The molecule has 2 aromatic rings. The molecular weight excluding hydrogens is 604 g/mol. The second-order valence-corrected chi connectivity index (χ2v) is 13.2. The number of rotatable bonds is 6. The fraction of sp³-hybridized carbons (Fsp3) is 0.606. The smallest absolute Gasteiger partial charge is 0.310 e. The Kier molecular flexibility index (Phi) is 7.97. The molecule has 2 N–H and O–H groups in total. The van der Waals surface area contributed by atoms with E-state index in [-0.39, 0.29) is 20.0 Å². The molecule has 3 fully saturated rings. The van der Waals surface area contributed by atoms with E-state index < -0.39 is 72.4 Å². The summed E-state index contributed by atoms with van der Waals surface area (Å²) >= 11 is 0. The summed E-state index contributed by atoms with van der Waals surface area (Å²) in [5.41, 5.74) is 1.65. The molecule has 7 rings (SSSR count). The normalized spacial score (nSPS) is 34.7. The summed E-state index contributed by atoms with van der Waals surface area (Å²) in [5.74, 6) is 0.282. The van der Waals surface area contributed by atoms with Gasteiger partial charge in [0.25, 0.3) is 0 Å². The number of carbonyl (C=O) groups excluding carboxylic acids is 1. The Morgan fingerprint density at radius 1 is 0.870 bits per heavy atom. The molecule has 13 nitrogen and oxygen atoms in total. The molecular formula is C33H40O13. The van der Waals surface area contributed by atoms with Gasteiger partial charge in [0.1, 0.15) is 30.0 Å². The molecule has 3 saturated heterocycles. The summed E-state index contributed by atoms with van der Waals surface area (Å²) in [7, 11) is 3.10. The van der Waals surface area contributed by atoms with Crippen LogP contribution in [0.25, 0.3) is 0 Å². The predicted octanol–water partition coefficient (Wildman–Crippen LogP) is 2.81. The van der Waals surface area contributed by atoms with Gasteiger partial charge < -0.3 is 57.6 Å². The van der Waals surface area contributed by atoms with Crippen molar-refractivity contribution in [3.8, 4) is 28.7 Å². The van der Waals surface area contributed by atoms with Crippen LogP contribution < -0.4 is 23.7 Å². The summed E-state index contributed by atoms with van der Waals surface area (Å²) in [6.45, 7) is 7.77. The number of cyclic esters (lactones) is 1. The Morgan fingerprint density at radius 3 is 2.20 bits per heavy atom. The van der Waals surface area contributed by atoms with Crippen LogP contribution in [0.15, 0.2) is 24.3 Å². The van der Waals surface area contributed by atoms with Gasteiger partial charge in [-0.15, -0.1) is 0 Å². The fourth-order valence-corrected chi connectivity index (χ4v) is 7.13. The second-order valence-electron chi connectivity index (χ2n) is 13.2. The van der Waals surface area contributed by atoms with Crippen molar-refractivity contribution in [3.63, 3.8) is 0 Å². The van der Waals surface area contributed by atoms with Crippen molar-refractivity contribution >= 4 is 5.97 Å². The number of aliphatic hydroxyl groups excluding tert-OH is 2. The summed E-state index contributed by atoms with van der Waals surface area (Å²) in [5, 5.41) is 22.1. The van der Waals surface area contributed by atoms with Crippen molar-refractivity contribution in [2.75, 3.05) is 34.2 Å². The minimum atomic E-state index is -1.43. The largest absolute Gasteiger partial charge is 0.493 e. The maximum atomic E-state index is 13.6. The molecule has 5 aliphatic rings. The average molecular weight is 645 g/mol. The van der Waals surface area contributed by atoms with E-state index in [9.17, 15) is 15.0 Å². The van der Waals surface area contributed by atoms with Gasteiger partial charge in [-0.05, 0) is 68.7 Å². The third-order valence-electron chi connectivity index (χ3n) is 9.13. The molecule has 1 aliphatic carbocycles. The lowest BCUT2D eigenvalue weighted by molar-refractivity contribution is -0.364. The molecule has 250 valence electrons. The Labute approximate surface area is 266 Å². The van der Waals surface area contributed by atoms with E-state index in [4.69, 9.17) is 47.4 Å². The standard InChI is InChI=1S/C33H40O13/c1-14-39-12-23-30(43-14)26(34)27(35)32(44-23)45-28-17-10-20-19(41-13-42-20)9-16(17)24(25-18(28)11-40-31(25)36)15-7-21(37-5)29(22(8-15)38-6)46-33(2,3)4/h7-10,14,18,23-28,30,32,34-35H,11-13H2,1-6H3/t14-,18?,23-,24-,25+,26-,27-,28-,30-,32?/m1/s1. The van der Waals surface area contributed by atoms with Crippen molar-refractivity contribution in [2.24, 2.45) is 11.8 Å². The van der Waals surface area contributed by atoms with Gasteiger partial charge in [0.05, 0.1) is 39.5 Å². The molecule has 46 heavy (non-hydrogen) atoms. The lowest BCUT2D eigenvalue weighted by Gasteiger charge is -2.47. The molecule has 2 aromatic carbocycles. The molecule has 10 atom stereocenters. The SMILES string of the molecule is COc1cc([C@@H]2c3cc4c(cc3[C@@H](OC3O[C@@H]5CO[C@@H](C)O[C@H]5[C@H](O)[C@H]3O)C3COC(=O)[C@@H]32)OCO4)cc(OC)c1OC(C)(C)C. The Morgan fingerprint density at radius 2 is 1.54 bits per heavy atom. The maximum absolute atomic E-state index is 13.6. The first-order valence-electron chi connectivity index (χ1n) is 15.5. The Bertz CT molecular complexity index is 1460. The van der Waals surface area contributed by atoms with Crippen LogP contribution in [0.1, 0.15) is 56.4 Å². The molecule has 0 aromatic heterocycles. The van der Waals surface area contributed by atoms with Crippen LogP contribution in [0.2, 0.25) is 0 Å². The van der Waals surface area contributed by atoms with E-state index in [1.54, 1.807) is 21.1 Å². The number of aliphatic hydroxyl groups is 2. The summed E-state index contributed by atoms with van der Waals surface area (Å²) < 4.78 is 58.9. The number of fused-ring (bicyclic) bond motifs is 4. The summed E-state index contributed by atoms with van der Waals surface area (Å²) in [6, 6.07) is 7.39. The van der Waals surface area contributed by atoms with Crippen LogP contribution in [-0.4, -0.2) is 93.0 Å². The number of hydrogen-bond donors (Lipinski definition) is 2. The zero-order valence-electron chi connectivity index (χ0n) is 26.6. The lowest BCUT2D eigenvalue weighted by atomic mass is 9.66. The molecule has 4 heterocycles. The van der Waals surface area contributed by atoms with Crippen LogP contribution >= 0.6 is 0 Å². The van der Waals surface area contributed by atoms with E-state index in [1.165, 1.54) is 0 Å². The minimum absolute atomic E-state index is 0.0436. The summed E-state index contributed by atoms with van der Waals surface area (Å²) in [6.07, 6.45) is -6.74. The monoisotopic (exact) mass is 644 g/mol. The summed E-state index contributed by atoms with van der Waals surface area (Å²) in [4.78, 5) is 13.6. The van der Waals surface area contributed by atoms with Gasteiger partial charge >= 0.3 is 5.97 Å². The van der Waals surface area contributed by atoms with E-state index in [2.05, 4.69) is 0 Å². The van der Waals surface area contributed by atoms with E-state index in [1.807, 2.05) is 45.0 Å². The van der Waals surface area contributed by atoms with Crippen LogP contribution in [0.5, 0.6) is 28.7 Å². The molecule has 4 aliphatic heterocycles. The fourth-order valence-electron chi connectivity index (χ4n) is 7.13. The van der Waals surface area contributed by atoms with Crippen LogP contribution in [0.4, 0.5) is 0 Å². The lowest BCUT2D eigenvalue weighted by Crippen LogP contribution is -2.63. The highest BCUT2D eigenvalue weighted by atomic mass is 16.8. The highest BCUT2D eigenvalue weighted by Gasteiger charge is 2.56. The average Bonchev–Trinajstić information content (AvgIpc) is 3.64. The van der Waals surface area contributed by atoms with Crippen LogP contribution in [0, 0.1) is 11.8 Å². The third kappa shape index (κ3) is 5.32. The van der Waals surface area contributed by atoms with Gasteiger partial charge in [0.2, 0.25) is 12.5 Å². The molecule has 0 radical (unpaired) electrons. The second kappa shape index (κ2) is 11.7. The van der Waals surface area contributed by atoms with Crippen molar-refractivity contribution < 1.29 is 62.4 Å². The van der Waals surface area contributed by atoms with E-state index in [0.717, 1.165) is 11.1 Å². The third-order valence-corrected chi connectivity index (χ3v) is 9.13. The van der Waals surface area contributed by atoms with Crippen molar-refractivity contribution in [3.05, 3.63) is 41.0 Å². The Balaban J connectivity index is 1.32. The maximum Gasteiger partial charge on any atom is 0.310 e. The van der Waals surface area contributed by atoms with Crippen molar-refractivity contribution in [1.29, 1.82) is 0 Å². The van der Waals surface area contributed by atoms with Gasteiger partial charge in [0, 0.05) is 11.8 Å². The van der Waals surface area contributed by atoms with E-state index in [0.29, 0.717) is 34.3 Å². The van der Waals surface area contributed by atoms with Crippen LogP contribution in [0.3, 0.4) is 0 Å². The number of esters is 1. The first-order valence-corrected chi connectivity index (χ1v) is 15.5. The predicted molar refractivity (Wildman–Crippen MR) is 157 cm³/mol. The zero-order valence-corrected chi connectivity index (χ0v) is 26.6. The number of carbonyl (C=O) groups is 1. The van der Waals surface area contributed by atoms with Crippen LogP contribution in [-0.2, 0) is 28.5 Å². The minimum Gasteiger partial charge on any atom is -0.493 e. The molecule has 0 spiro atoms. The van der Waals surface area contributed by atoms with Gasteiger partial charge in [-0.1, -0.05) is 0 Å². The zero-order chi connectivity index (χ0) is 32.5. The number of methoxy groups -OCH3 is 2. The first-order chi connectivity index (χ1) is 22.0.